The minimum atomic E-state index is -3.97. The molecule has 3 rings (SSSR count). The third-order valence-electron chi connectivity index (χ3n) is 4.43. The number of aromatic nitrogens is 1. The highest BCUT2D eigenvalue weighted by atomic mass is 32.2. The van der Waals surface area contributed by atoms with E-state index in [4.69, 9.17) is 23.4 Å². The molecule has 2 aromatic carbocycles. The summed E-state index contributed by atoms with van der Waals surface area (Å²) in [4.78, 5) is 4.70. The SMILES string of the molecule is COc1ccc(-c2nc(C(C)C)oc2-c2ccc(OCCCS(=O)(=O)O)cc2)cc1. The standard InChI is InChI=1S/C22H25NO6S/c1-15(2)22-23-20(16-5-9-18(27-3)10-6-16)21(29-22)17-7-11-19(12-8-17)28-13-4-14-30(24,25)26/h5-12,15H,4,13-14H2,1-3H3,(H,24,25,26). The van der Waals surface area contributed by atoms with Crippen LogP contribution in [-0.2, 0) is 10.1 Å². The van der Waals surface area contributed by atoms with Crippen molar-refractivity contribution < 1.29 is 26.9 Å². The quantitative estimate of drug-likeness (QED) is 0.384. The topological polar surface area (TPSA) is 98.9 Å². The number of benzene rings is 2. The molecule has 0 amide bonds. The van der Waals surface area contributed by atoms with Gasteiger partial charge in [-0.15, -0.1) is 0 Å². The van der Waals surface area contributed by atoms with Crippen LogP contribution in [0.2, 0.25) is 0 Å². The van der Waals surface area contributed by atoms with Crippen LogP contribution in [0.5, 0.6) is 11.5 Å². The predicted octanol–water partition coefficient (Wildman–Crippen LogP) is 4.80. The van der Waals surface area contributed by atoms with Crippen molar-refractivity contribution in [3.8, 4) is 34.1 Å². The average molecular weight is 432 g/mol. The summed E-state index contributed by atoms with van der Waals surface area (Å²) in [5.74, 6) is 2.50. The second-order valence-corrected chi connectivity index (χ2v) is 8.70. The van der Waals surface area contributed by atoms with Crippen LogP contribution in [0.1, 0.15) is 32.1 Å². The highest BCUT2D eigenvalue weighted by Crippen LogP contribution is 2.35. The maximum absolute atomic E-state index is 10.8. The fourth-order valence-electron chi connectivity index (χ4n) is 2.86. The lowest BCUT2D eigenvalue weighted by Crippen LogP contribution is -2.08. The van der Waals surface area contributed by atoms with Crippen molar-refractivity contribution in [1.82, 2.24) is 4.98 Å². The Morgan fingerprint density at radius 2 is 1.60 bits per heavy atom. The lowest BCUT2D eigenvalue weighted by molar-refractivity contribution is 0.316. The largest absolute Gasteiger partial charge is 0.497 e. The summed E-state index contributed by atoms with van der Waals surface area (Å²) in [5.41, 5.74) is 2.53. The Morgan fingerprint density at radius 3 is 2.17 bits per heavy atom. The van der Waals surface area contributed by atoms with Gasteiger partial charge < -0.3 is 13.9 Å². The monoisotopic (exact) mass is 431 g/mol. The molecule has 1 N–H and O–H groups in total. The second kappa shape index (κ2) is 9.32. The number of ether oxygens (including phenoxy) is 2. The molecule has 0 saturated carbocycles. The Morgan fingerprint density at radius 1 is 1.00 bits per heavy atom. The molecule has 0 aliphatic rings. The van der Waals surface area contributed by atoms with E-state index in [0.717, 1.165) is 22.6 Å². The first kappa shape index (κ1) is 21.9. The highest BCUT2D eigenvalue weighted by Gasteiger charge is 2.19. The third kappa shape index (κ3) is 5.61. The zero-order valence-corrected chi connectivity index (χ0v) is 18.0. The van der Waals surface area contributed by atoms with Gasteiger partial charge in [-0.05, 0) is 55.0 Å². The molecule has 0 aliphatic heterocycles. The van der Waals surface area contributed by atoms with Gasteiger partial charge in [-0.1, -0.05) is 13.8 Å². The Balaban J connectivity index is 1.82. The molecule has 7 nitrogen and oxygen atoms in total. The van der Waals surface area contributed by atoms with Crippen LogP contribution >= 0.6 is 0 Å². The first-order valence-electron chi connectivity index (χ1n) is 9.60. The Labute approximate surface area is 176 Å². The van der Waals surface area contributed by atoms with Gasteiger partial charge in [-0.3, -0.25) is 4.55 Å². The van der Waals surface area contributed by atoms with Gasteiger partial charge in [-0.2, -0.15) is 8.42 Å². The van der Waals surface area contributed by atoms with Gasteiger partial charge in [0.25, 0.3) is 10.1 Å². The average Bonchev–Trinajstić information content (AvgIpc) is 3.17. The van der Waals surface area contributed by atoms with E-state index in [0.29, 0.717) is 17.4 Å². The molecule has 1 heterocycles. The van der Waals surface area contributed by atoms with Crippen LogP contribution < -0.4 is 9.47 Å². The van der Waals surface area contributed by atoms with Crippen LogP contribution in [0.3, 0.4) is 0 Å². The van der Waals surface area contributed by atoms with Gasteiger partial charge in [0.05, 0.1) is 19.5 Å². The zero-order chi connectivity index (χ0) is 21.7. The van der Waals surface area contributed by atoms with E-state index in [1.54, 1.807) is 19.2 Å². The van der Waals surface area contributed by atoms with Crippen LogP contribution in [0.4, 0.5) is 0 Å². The summed E-state index contributed by atoms with van der Waals surface area (Å²) < 4.78 is 47.1. The molecule has 0 bridgehead atoms. The summed E-state index contributed by atoms with van der Waals surface area (Å²) in [5, 5.41) is 0. The van der Waals surface area contributed by atoms with Gasteiger partial charge in [0.15, 0.2) is 11.7 Å². The van der Waals surface area contributed by atoms with E-state index >= 15 is 0 Å². The van der Waals surface area contributed by atoms with E-state index in [-0.39, 0.29) is 24.7 Å². The minimum Gasteiger partial charge on any atom is -0.497 e. The van der Waals surface area contributed by atoms with Gasteiger partial charge in [0.1, 0.15) is 17.2 Å². The summed E-state index contributed by atoms with van der Waals surface area (Å²) in [6, 6.07) is 15.0. The molecule has 30 heavy (non-hydrogen) atoms. The smallest absolute Gasteiger partial charge is 0.264 e. The number of nitrogens with zero attached hydrogens (tertiary/aromatic N) is 1. The minimum absolute atomic E-state index is 0.140. The molecular weight excluding hydrogens is 406 g/mol. The maximum Gasteiger partial charge on any atom is 0.264 e. The molecule has 0 saturated heterocycles. The predicted molar refractivity (Wildman–Crippen MR) is 115 cm³/mol. The van der Waals surface area contributed by atoms with Crippen LogP contribution in [0.25, 0.3) is 22.6 Å². The summed E-state index contributed by atoms with van der Waals surface area (Å²) >= 11 is 0. The van der Waals surface area contributed by atoms with Crippen molar-refractivity contribution in [2.24, 2.45) is 0 Å². The summed E-state index contributed by atoms with van der Waals surface area (Å²) in [6.45, 7) is 4.24. The second-order valence-electron chi connectivity index (χ2n) is 7.13. The number of rotatable bonds is 9. The molecule has 0 unspecified atom stereocenters. The van der Waals surface area contributed by atoms with Crippen molar-refractivity contribution in [1.29, 1.82) is 0 Å². The van der Waals surface area contributed by atoms with Gasteiger partial charge in [-0.25, -0.2) is 4.98 Å². The van der Waals surface area contributed by atoms with Crippen molar-refractivity contribution >= 4 is 10.1 Å². The first-order chi connectivity index (χ1) is 14.3. The van der Waals surface area contributed by atoms with Gasteiger partial charge in [0.2, 0.25) is 0 Å². The van der Waals surface area contributed by atoms with E-state index < -0.39 is 10.1 Å². The van der Waals surface area contributed by atoms with E-state index in [9.17, 15) is 8.42 Å². The molecule has 0 atom stereocenters. The number of oxazole rings is 1. The molecule has 0 spiro atoms. The van der Waals surface area contributed by atoms with Crippen LogP contribution in [0.15, 0.2) is 52.9 Å². The van der Waals surface area contributed by atoms with E-state index in [2.05, 4.69) is 0 Å². The van der Waals surface area contributed by atoms with Gasteiger partial charge in [0, 0.05) is 17.0 Å². The number of hydrogen-bond donors (Lipinski definition) is 1. The van der Waals surface area contributed by atoms with Crippen molar-refractivity contribution in [2.75, 3.05) is 19.5 Å². The lowest BCUT2D eigenvalue weighted by Gasteiger charge is -2.07. The number of methoxy groups -OCH3 is 1. The Hall–Kier alpha value is -2.84. The summed E-state index contributed by atoms with van der Waals surface area (Å²) in [7, 11) is -2.34. The fourth-order valence-corrected chi connectivity index (χ4v) is 3.34. The van der Waals surface area contributed by atoms with Gasteiger partial charge >= 0.3 is 0 Å². The van der Waals surface area contributed by atoms with Crippen LogP contribution in [-0.4, -0.2) is 37.4 Å². The van der Waals surface area contributed by atoms with Crippen molar-refractivity contribution in [2.45, 2.75) is 26.2 Å². The zero-order valence-electron chi connectivity index (χ0n) is 17.2. The molecular formula is C22H25NO6S. The Bertz CT molecular complexity index is 1070. The molecule has 3 aromatic rings. The molecule has 1 aromatic heterocycles. The lowest BCUT2D eigenvalue weighted by atomic mass is 10.1. The highest BCUT2D eigenvalue weighted by molar-refractivity contribution is 7.85. The first-order valence-corrected chi connectivity index (χ1v) is 11.2. The van der Waals surface area contributed by atoms with Crippen molar-refractivity contribution in [3.63, 3.8) is 0 Å². The molecule has 0 fully saturated rings. The van der Waals surface area contributed by atoms with E-state index in [1.807, 2.05) is 50.2 Å². The maximum atomic E-state index is 10.8. The molecule has 160 valence electrons. The Kier molecular flexibility index (Phi) is 6.79. The van der Waals surface area contributed by atoms with E-state index in [1.165, 1.54) is 0 Å². The summed E-state index contributed by atoms with van der Waals surface area (Å²) in [6.07, 6.45) is 0.210. The third-order valence-corrected chi connectivity index (χ3v) is 5.24. The number of hydrogen-bond acceptors (Lipinski definition) is 6. The fraction of sp³-hybridized carbons (Fsp3) is 0.318. The molecule has 0 aliphatic carbocycles. The normalized spacial score (nSPS) is 11.6. The molecule has 0 radical (unpaired) electrons. The molecule has 8 heteroatoms. The van der Waals surface area contributed by atoms with Crippen molar-refractivity contribution in [3.05, 3.63) is 54.4 Å². The van der Waals surface area contributed by atoms with Crippen LogP contribution in [0, 0.1) is 0 Å².